The standard InChI is InChI=1S/C12H12F3NO3S/c1-16(8-12(14)15)20(18,19)10-5-4-9(3-2-6-17)11(13)7-10/h4-5,7,12,17H,6,8H2,1H3. The molecule has 0 spiro atoms. The van der Waals surface area contributed by atoms with Gasteiger partial charge >= 0.3 is 0 Å². The number of aliphatic hydroxyl groups is 1. The molecule has 1 aromatic carbocycles. The molecule has 1 rings (SSSR count). The number of alkyl halides is 2. The molecular weight excluding hydrogens is 295 g/mol. The van der Waals surface area contributed by atoms with E-state index in [-0.39, 0.29) is 5.56 Å². The SMILES string of the molecule is CN(CC(F)F)S(=O)(=O)c1ccc(C#CCO)c(F)c1. The quantitative estimate of drug-likeness (QED) is 0.846. The van der Waals surface area contributed by atoms with Crippen LogP contribution in [0, 0.1) is 17.7 Å². The van der Waals surface area contributed by atoms with Crippen molar-refractivity contribution in [3.8, 4) is 11.8 Å². The molecule has 0 atom stereocenters. The van der Waals surface area contributed by atoms with Crippen LogP contribution in [-0.4, -0.2) is 44.5 Å². The molecular formula is C12H12F3NO3S. The Morgan fingerprint density at radius 3 is 2.55 bits per heavy atom. The van der Waals surface area contributed by atoms with Crippen molar-refractivity contribution in [2.45, 2.75) is 11.3 Å². The molecule has 20 heavy (non-hydrogen) atoms. The normalized spacial score (nSPS) is 11.6. The lowest BCUT2D eigenvalue weighted by molar-refractivity contribution is 0.126. The summed E-state index contributed by atoms with van der Waals surface area (Å²) in [6.45, 7) is -1.44. The summed E-state index contributed by atoms with van der Waals surface area (Å²) in [5.74, 6) is 3.61. The first-order chi connectivity index (χ1) is 9.28. The maximum atomic E-state index is 13.6. The van der Waals surface area contributed by atoms with Crippen molar-refractivity contribution in [2.75, 3.05) is 20.2 Å². The molecule has 0 radical (unpaired) electrons. The Morgan fingerprint density at radius 1 is 1.40 bits per heavy atom. The van der Waals surface area contributed by atoms with Crippen LogP contribution in [-0.2, 0) is 10.0 Å². The molecule has 0 saturated carbocycles. The number of benzene rings is 1. The number of halogens is 3. The minimum Gasteiger partial charge on any atom is -0.384 e. The van der Waals surface area contributed by atoms with Crippen molar-refractivity contribution < 1.29 is 26.7 Å². The van der Waals surface area contributed by atoms with Crippen LogP contribution in [0.4, 0.5) is 13.2 Å². The van der Waals surface area contributed by atoms with Gasteiger partial charge in [0.2, 0.25) is 10.0 Å². The zero-order valence-corrected chi connectivity index (χ0v) is 11.3. The number of sulfonamides is 1. The molecule has 110 valence electrons. The Bertz CT molecular complexity index is 635. The smallest absolute Gasteiger partial charge is 0.252 e. The van der Waals surface area contributed by atoms with Gasteiger partial charge < -0.3 is 5.11 Å². The van der Waals surface area contributed by atoms with Crippen LogP contribution in [0.3, 0.4) is 0 Å². The molecule has 0 fully saturated rings. The molecule has 4 nitrogen and oxygen atoms in total. The molecule has 8 heteroatoms. The number of aliphatic hydroxyl groups excluding tert-OH is 1. The van der Waals surface area contributed by atoms with Gasteiger partial charge in [0.25, 0.3) is 6.43 Å². The van der Waals surface area contributed by atoms with E-state index in [2.05, 4.69) is 11.8 Å². The highest BCUT2D eigenvalue weighted by molar-refractivity contribution is 7.89. The second-order valence-electron chi connectivity index (χ2n) is 3.78. The van der Waals surface area contributed by atoms with Gasteiger partial charge in [0.1, 0.15) is 12.4 Å². The molecule has 0 amide bonds. The minimum absolute atomic E-state index is 0.0884. The van der Waals surface area contributed by atoms with E-state index >= 15 is 0 Å². The summed E-state index contributed by atoms with van der Waals surface area (Å²) in [5.41, 5.74) is -0.0884. The minimum atomic E-state index is -4.18. The van der Waals surface area contributed by atoms with Gasteiger partial charge in [-0.25, -0.2) is 21.6 Å². The van der Waals surface area contributed by atoms with Gasteiger partial charge in [0, 0.05) is 7.05 Å². The van der Waals surface area contributed by atoms with Gasteiger partial charge in [-0.1, -0.05) is 11.8 Å². The Labute approximate surface area is 114 Å². The van der Waals surface area contributed by atoms with E-state index in [1.807, 2.05) is 0 Å². The third-order valence-corrected chi connectivity index (χ3v) is 4.17. The predicted octanol–water partition coefficient (Wildman–Crippen LogP) is 1.06. The molecule has 0 aliphatic heterocycles. The maximum Gasteiger partial charge on any atom is 0.252 e. The molecule has 1 aromatic rings. The Morgan fingerprint density at radius 2 is 2.05 bits per heavy atom. The number of hydrogen-bond acceptors (Lipinski definition) is 3. The lowest BCUT2D eigenvalue weighted by Gasteiger charge is -2.16. The van der Waals surface area contributed by atoms with Crippen LogP contribution in [0.1, 0.15) is 5.56 Å². The van der Waals surface area contributed by atoms with Gasteiger partial charge in [0.05, 0.1) is 17.0 Å². The first-order valence-electron chi connectivity index (χ1n) is 5.42. The summed E-state index contributed by atoms with van der Waals surface area (Å²) in [6, 6.07) is 2.89. The highest BCUT2D eigenvalue weighted by atomic mass is 32.2. The summed E-state index contributed by atoms with van der Waals surface area (Å²) in [6.07, 6.45) is -2.82. The maximum absolute atomic E-state index is 13.6. The van der Waals surface area contributed by atoms with Crippen LogP contribution in [0.2, 0.25) is 0 Å². The van der Waals surface area contributed by atoms with Gasteiger partial charge in [-0.05, 0) is 18.2 Å². The van der Waals surface area contributed by atoms with E-state index in [0.717, 1.165) is 19.2 Å². The molecule has 0 heterocycles. The second-order valence-corrected chi connectivity index (χ2v) is 5.82. The van der Waals surface area contributed by atoms with Gasteiger partial charge in [0.15, 0.2) is 0 Å². The zero-order valence-electron chi connectivity index (χ0n) is 10.5. The fourth-order valence-electron chi connectivity index (χ4n) is 1.36. The van der Waals surface area contributed by atoms with Crippen molar-refractivity contribution in [2.24, 2.45) is 0 Å². The van der Waals surface area contributed by atoms with Crippen LogP contribution < -0.4 is 0 Å². The third-order valence-electron chi connectivity index (χ3n) is 2.35. The van der Waals surface area contributed by atoms with E-state index in [1.54, 1.807) is 0 Å². The van der Waals surface area contributed by atoms with E-state index in [1.165, 1.54) is 0 Å². The van der Waals surface area contributed by atoms with Crippen LogP contribution in [0.5, 0.6) is 0 Å². The predicted molar refractivity (Wildman–Crippen MR) is 66.2 cm³/mol. The molecule has 0 aliphatic rings. The highest BCUT2D eigenvalue weighted by Crippen LogP contribution is 2.18. The Hall–Kier alpha value is -1.56. The summed E-state index contributed by atoms with van der Waals surface area (Å²) in [7, 11) is -3.19. The molecule has 0 aromatic heterocycles. The Kier molecular flexibility index (Phi) is 5.56. The summed E-state index contributed by atoms with van der Waals surface area (Å²) in [5, 5.41) is 8.49. The molecule has 0 unspecified atom stereocenters. The average molecular weight is 307 g/mol. The van der Waals surface area contributed by atoms with Crippen molar-refractivity contribution >= 4 is 10.0 Å². The van der Waals surface area contributed by atoms with Crippen molar-refractivity contribution in [3.05, 3.63) is 29.6 Å². The van der Waals surface area contributed by atoms with Gasteiger partial charge in [-0.15, -0.1) is 0 Å². The monoisotopic (exact) mass is 307 g/mol. The number of nitrogens with zero attached hydrogens (tertiary/aromatic N) is 1. The summed E-state index contributed by atoms with van der Waals surface area (Å²) in [4.78, 5) is -0.437. The topological polar surface area (TPSA) is 57.6 Å². The van der Waals surface area contributed by atoms with Crippen LogP contribution >= 0.6 is 0 Å². The van der Waals surface area contributed by atoms with Crippen molar-refractivity contribution in [1.82, 2.24) is 4.31 Å². The zero-order chi connectivity index (χ0) is 15.3. The van der Waals surface area contributed by atoms with E-state index < -0.39 is 40.3 Å². The highest BCUT2D eigenvalue weighted by Gasteiger charge is 2.24. The first-order valence-corrected chi connectivity index (χ1v) is 6.87. The summed E-state index contributed by atoms with van der Waals surface area (Å²) >= 11 is 0. The summed E-state index contributed by atoms with van der Waals surface area (Å²) < 4.78 is 62.2. The molecule has 1 N–H and O–H groups in total. The Balaban J connectivity index is 3.12. The molecule has 0 saturated heterocycles. The third kappa shape index (κ3) is 3.96. The van der Waals surface area contributed by atoms with Crippen molar-refractivity contribution in [1.29, 1.82) is 0 Å². The van der Waals surface area contributed by atoms with Crippen LogP contribution in [0.25, 0.3) is 0 Å². The van der Waals surface area contributed by atoms with Gasteiger partial charge in [-0.2, -0.15) is 4.31 Å². The first kappa shape index (κ1) is 16.5. The van der Waals surface area contributed by atoms with Gasteiger partial charge in [-0.3, -0.25) is 0 Å². The lowest BCUT2D eigenvalue weighted by atomic mass is 10.2. The number of hydrogen-bond donors (Lipinski definition) is 1. The largest absolute Gasteiger partial charge is 0.384 e. The van der Waals surface area contributed by atoms with E-state index in [4.69, 9.17) is 5.11 Å². The van der Waals surface area contributed by atoms with Crippen LogP contribution in [0.15, 0.2) is 23.1 Å². The lowest BCUT2D eigenvalue weighted by Crippen LogP contribution is -2.31. The fraction of sp³-hybridized carbons (Fsp3) is 0.333. The molecule has 0 bridgehead atoms. The number of rotatable bonds is 4. The van der Waals surface area contributed by atoms with E-state index in [9.17, 15) is 21.6 Å². The van der Waals surface area contributed by atoms with Crippen molar-refractivity contribution in [3.63, 3.8) is 0 Å². The molecule has 0 aliphatic carbocycles. The van der Waals surface area contributed by atoms with E-state index in [0.29, 0.717) is 10.4 Å². The second kappa shape index (κ2) is 6.74. The average Bonchev–Trinajstić information content (AvgIpc) is 2.36. The fourth-order valence-corrected chi connectivity index (χ4v) is 2.53.